The van der Waals surface area contributed by atoms with Gasteiger partial charge < -0.3 is 0 Å². The van der Waals surface area contributed by atoms with Crippen molar-refractivity contribution in [2.24, 2.45) is 0 Å². The van der Waals surface area contributed by atoms with E-state index in [2.05, 4.69) is 0 Å². The summed E-state index contributed by atoms with van der Waals surface area (Å²) in [7, 11) is -2.29. The predicted octanol–water partition coefficient (Wildman–Crippen LogP) is 3.63. The van der Waals surface area contributed by atoms with E-state index in [0.29, 0.717) is 4.57 Å². The molecule has 0 aliphatic carbocycles. The highest BCUT2D eigenvalue weighted by Crippen LogP contribution is 2.45. The van der Waals surface area contributed by atoms with Crippen LogP contribution in [0.3, 0.4) is 0 Å². The highest BCUT2D eigenvalue weighted by Gasteiger charge is 2.61. The summed E-state index contributed by atoms with van der Waals surface area (Å²) in [5.74, 6) is -4.35. The molecule has 0 bridgehead atoms. The largest absolute Gasteiger partial charge is 0.366 e. The molecule has 108 valence electrons. The third kappa shape index (κ3) is 3.14. The third-order valence-corrected chi connectivity index (χ3v) is 4.65. The molecule has 1 aromatic rings. The van der Waals surface area contributed by atoms with Crippen molar-refractivity contribution < 1.29 is 22.0 Å². The smallest absolute Gasteiger partial charge is 0.262 e. The Labute approximate surface area is 110 Å². The summed E-state index contributed by atoms with van der Waals surface area (Å²) in [5.41, 5.74) is -0.765. The zero-order valence-corrected chi connectivity index (χ0v) is 11.9. The van der Waals surface area contributed by atoms with Crippen LogP contribution in [-0.4, -0.2) is 32.8 Å². The fourth-order valence-electron chi connectivity index (χ4n) is 1.82. The molecule has 0 heterocycles. The molecule has 0 saturated heterocycles. The van der Waals surface area contributed by atoms with Gasteiger partial charge in [-0.05, 0) is 0 Å². The van der Waals surface area contributed by atoms with E-state index in [9.17, 15) is 22.0 Å². The molecular weight excluding hydrogens is 281 g/mol. The van der Waals surface area contributed by atoms with Gasteiger partial charge in [0.05, 0.1) is 0 Å². The molecule has 0 aliphatic heterocycles. The first-order valence-electron chi connectivity index (χ1n) is 5.89. The second kappa shape index (κ2) is 6.00. The van der Waals surface area contributed by atoms with E-state index in [1.54, 1.807) is 0 Å². The third-order valence-electron chi connectivity index (χ3n) is 2.82. The number of hydrogen-bond acceptors (Lipinski definition) is 1. The van der Waals surface area contributed by atoms with Crippen LogP contribution in [0.1, 0.15) is 5.56 Å². The molecule has 0 aliphatic rings. The molecule has 1 rings (SSSR count). The number of rotatable bonds is 6. The monoisotopic (exact) mass is 297 g/mol. The number of nitrogens with zero attached hydrogens (tertiary/aromatic N) is 1. The van der Waals surface area contributed by atoms with Crippen LogP contribution in [0.15, 0.2) is 30.3 Å². The van der Waals surface area contributed by atoms with Crippen molar-refractivity contribution in [3.63, 3.8) is 0 Å². The minimum Gasteiger partial charge on any atom is -0.262 e. The Morgan fingerprint density at radius 1 is 1.05 bits per heavy atom. The fraction of sp³-hybridized carbons (Fsp3) is 0.500. The lowest BCUT2D eigenvalue weighted by molar-refractivity contribution is -0.271. The van der Waals surface area contributed by atoms with E-state index >= 15 is 0 Å². The van der Waals surface area contributed by atoms with E-state index in [4.69, 9.17) is 0 Å². The van der Waals surface area contributed by atoms with Gasteiger partial charge in [-0.25, -0.2) is 4.39 Å². The highest BCUT2D eigenvalue weighted by molar-refractivity contribution is 6.52. The molecule has 0 unspecified atom stereocenters. The Morgan fingerprint density at radius 3 is 2.00 bits per heavy atom. The second-order valence-corrected chi connectivity index (χ2v) is 7.27. The van der Waals surface area contributed by atoms with Crippen molar-refractivity contribution in [2.75, 3.05) is 13.2 Å². The number of benzene rings is 1. The van der Waals surface area contributed by atoms with E-state index in [1.165, 1.54) is 31.3 Å². The average molecular weight is 297 g/mol. The van der Waals surface area contributed by atoms with Gasteiger partial charge >= 0.3 is 12.0 Å². The van der Waals surface area contributed by atoms with Crippen LogP contribution in [0.25, 0.3) is 0 Å². The van der Waals surface area contributed by atoms with Crippen molar-refractivity contribution in [1.29, 1.82) is 0 Å². The van der Waals surface area contributed by atoms with Crippen LogP contribution in [0.2, 0.25) is 13.1 Å². The molecule has 7 heteroatoms. The average Bonchev–Trinajstić information content (AvgIpc) is 2.36. The van der Waals surface area contributed by atoms with Crippen LogP contribution in [-0.2, 0) is 5.92 Å². The van der Waals surface area contributed by atoms with Crippen LogP contribution >= 0.6 is 0 Å². The predicted molar refractivity (Wildman–Crippen MR) is 66.8 cm³/mol. The Balaban J connectivity index is 3.15. The van der Waals surface area contributed by atoms with Gasteiger partial charge in [-0.2, -0.15) is 17.6 Å². The first-order chi connectivity index (χ1) is 8.75. The maximum Gasteiger partial charge on any atom is 0.366 e. The Hall–Kier alpha value is -0.953. The van der Waals surface area contributed by atoms with Crippen molar-refractivity contribution in [2.45, 2.75) is 25.1 Å². The summed E-state index contributed by atoms with van der Waals surface area (Å²) in [4.78, 5) is 0. The second-order valence-electron chi connectivity index (χ2n) is 4.46. The molecule has 0 aromatic heterocycles. The molecular formula is C12H16F5NSi. The number of hydrogen-bond donors (Lipinski definition) is 0. The summed E-state index contributed by atoms with van der Waals surface area (Å²) in [6.45, 7) is 1.17. The zero-order valence-electron chi connectivity index (χ0n) is 10.7. The molecule has 0 atom stereocenters. The molecule has 0 saturated carbocycles. The van der Waals surface area contributed by atoms with Gasteiger partial charge in [0.1, 0.15) is 15.6 Å². The minimum absolute atomic E-state index is 0.319. The van der Waals surface area contributed by atoms with Gasteiger partial charge in [0.15, 0.2) is 0 Å². The topological polar surface area (TPSA) is 3.24 Å². The first kappa shape index (κ1) is 16.1. The van der Waals surface area contributed by atoms with E-state index in [0.717, 1.165) is 12.1 Å². The summed E-state index contributed by atoms with van der Waals surface area (Å²) < 4.78 is 68.7. The highest BCUT2D eigenvalue weighted by atomic mass is 28.3. The molecule has 0 amide bonds. The van der Waals surface area contributed by atoms with Crippen LogP contribution in [0.4, 0.5) is 22.0 Å². The van der Waals surface area contributed by atoms with Crippen molar-refractivity contribution in [3.05, 3.63) is 35.9 Å². The standard InChI is InChI=1S/C12H16F5NSi/c1-19(2)18(9-8-13)12(16,17)11(14,15)10-6-4-3-5-7-10/h3-7,19H,8-9H2,1-2H3. The van der Waals surface area contributed by atoms with E-state index < -0.39 is 39.7 Å². The van der Waals surface area contributed by atoms with Gasteiger partial charge in [0.2, 0.25) is 0 Å². The van der Waals surface area contributed by atoms with Gasteiger partial charge in [-0.3, -0.25) is 4.57 Å². The SMILES string of the molecule is C[SiH](C)N(CCF)C(F)(F)C(F)(F)c1ccccc1. The molecule has 0 fully saturated rings. The lowest BCUT2D eigenvalue weighted by Crippen LogP contribution is -2.57. The quantitative estimate of drug-likeness (QED) is 0.440. The van der Waals surface area contributed by atoms with Crippen molar-refractivity contribution in [3.8, 4) is 0 Å². The summed E-state index contributed by atoms with van der Waals surface area (Å²) in [6, 6.07) is 1.51. The van der Waals surface area contributed by atoms with Crippen LogP contribution < -0.4 is 0 Å². The van der Waals surface area contributed by atoms with Gasteiger partial charge in [-0.1, -0.05) is 43.4 Å². The molecule has 1 nitrogen and oxygen atoms in total. The minimum atomic E-state index is -4.39. The number of halogens is 5. The Kier molecular flexibility index (Phi) is 5.09. The van der Waals surface area contributed by atoms with E-state index in [-0.39, 0.29) is 0 Å². The lowest BCUT2D eigenvalue weighted by Gasteiger charge is -2.38. The molecule has 0 N–H and O–H groups in total. The normalized spacial score (nSPS) is 13.3. The maximum absolute atomic E-state index is 14.0. The van der Waals surface area contributed by atoms with Gasteiger partial charge in [0.25, 0.3) is 0 Å². The molecule has 19 heavy (non-hydrogen) atoms. The van der Waals surface area contributed by atoms with Crippen LogP contribution in [0.5, 0.6) is 0 Å². The van der Waals surface area contributed by atoms with Gasteiger partial charge in [0, 0.05) is 12.1 Å². The van der Waals surface area contributed by atoms with E-state index in [1.807, 2.05) is 0 Å². The Morgan fingerprint density at radius 2 is 1.58 bits per heavy atom. The molecule has 0 radical (unpaired) electrons. The summed E-state index contributed by atoms with van der Waals surface area (Å²) >= 11 is 0. The summed E-state index contributed by atoms with van der Waals surface area (Å²) in [5, 5.41) is 0. The summed E-state index contributed by atoms with van der Waals surface area (Å²) in [6.07, 6.45) is 0. The fourth-order valence-corrected chi connectivity index (χ4v) is 3.24. The molecule has 1 aromatic carbocycles. The number of alkyl halides is 5. The van der Waals surface area contributed by atoms with Crippen LogP contribution in [0, 0.1) is 0 Å². The van der Waals surface area contributed by atoms with Gasteiger partial charge in [-0.15, -0.1) is 0 Å². The first-order valence-corrected chi connectivity index (χ1v) is 8.71. The molecule has 0 spiro atoms. The Bertz CT molecular complexity index is 396. The maximum atomic E-state index is 14.0. The lowest BCUT2D eigenvalue weighted by atomic mass is 10.1. The van der Waals surface area contributed by atoms with Crippen molar-refractivity contribution >= 4 is 8.96 Å². The van der Waals surface area contributed by atoms with Crippen molar-refractivity contribution in [1.82, 2.24) is 4.57 Å². The zero-order chi connectivity index (χ0) is 14.7.